The molecular formula is C30H33N3O2S. The Labute approximate surface area is 216 Å². The molecule has 1 aliphatic heterocycles. The average Bonchev–Trinajstić information content (AvgIpc) is 3.14. The molecular weight excluding hydrogens is 466 g/mol. The minimum atomic E-state index is -0.244. The van der Waals surface area contributed by atoms with E-state index in [2.05, 4.69) is 80.0 Å². The van der Waals surface area contributed by atoms with Gasteiger partial charge in [0.25, 0.3) is 0 Å². The number of hydrogen-bond donors (Lipinski definition) is 1. The van der Waals surface area contributed by atoms with Crippen LogP contribution in [0.15, 0.2) is 70.9 Å². The summed E-state index contributed by atoms with van der Waals surface area (Å²) in [5, 5.41) is 7.49. The molecule has 0 atom stereocenters. The fraction of sp³-hybridized carbons (Fsp3) is 0.300. The Morgan fingerprint density at radius 2 is 1.83 bits per heavy atom. The van der Waals surface area contributed by atoms with Crippen LogP contribution in [0.3, 0.4) is 0 Å². The van der Waals surface area contributed by atoms with Crippen molar-refractivity contribution in [3.8, 4) is 0 Å². The zero-order chi connectivity index (χ0) is 25.9. The molecule has 1 aliphatic rings. The van der Waals surface area contributed by atoms with Crippen LogP contribution in [0.25, 0.3) is 12.7 Å². The molecule has 2 aromatic carbocycles. The average molecular weight is 500 g/mol. The normalized spacial score (nSPS) is 15.3. The molecule has 3 aromatic rings. The van der Waals surface area contributed by atoms with Gasteiger partial charge in [-0.05, 0) is 80.8 Å². The summed E-state index contributed by atoms with van der Waals surface area (Å²) in [6.45, 7) is 15.6. The maximum Gasteiger partial charge on any atom is 0.205 e. The van der Waals surface area contributed by atoms with Crippen LogP contribution in [0.4, 0.5) is 11.4 Å². The summed E-state index contributed by atoms with van der Waals surface area (Å²) in [5.41, 5.74) is 5.36. The van der Waals surface area contributed by atoms with E-state index in [-0.39, 0.29) is 11.3 Å². The Hall–Kier alpha value is -3.35. The van der Waals surface area contributed by atoms with Gasteiger partial charge in [0.05, 0.1) is 10.6 Å². The summed E-state index contributed by atoms with van der Waals surface area (Å²) in [5.74, 6) is -0.0891. The molecule has 1 aromatic heterocycles. The van der Waals surface area contributed by atoms with Crippen LogP contribution in [-0.4, -0.2) is 29.3 Å². The van der Waals surface area contributed by atoms with Gasteiger partial charge >= 0.3 is 0 Å². The molecule has 0 radical (unpaired) electrons. The Morgan fingerprint density at radius 3 is 2.47 bits per heavy atom. The summed E-state index contributed by atoms with van der Waals surface area (Å²) in [4.78, 5) is 27.4. The minimum absolute atomic E-state index is 0.0891. The number of carbonyl (C=O) groups excluding carboxylic acids is 1. The lowest BCUT2D eigenvalue weighted by atomic mass is 9.99. The monoisotopic (exact) mass is 499 g/mol. The van der Waals surface area contributed by atoms with Gasteiger partial charge in [-0.15, -0.1) is 16.2 Å². The standard InChI is InChI=1S/C30H33N3O2S/c1-20-15-16-33(18-22-9-7-6-8-10-22)19-24(20)17-26-21(2)36-29(27(26)31-30(3,4)5)28(34)23-11-13-25(32-35)14-12-23/h6-14,17,31H,2,15-16,18-19H2,1,3-5H3/b26-17+. The zero-order valence-corrected chi connectivity index (χ0v) is 22.2. The van der Waals surface area contributed by atoms with E-state index in [9.17, 15) is 9.70 Å². The molecule has 36 heavy (non-hydrogen) atoms. The highest BCUT2D eigenvalue weighted by atomic mass is 32.1. The van der Waals surface area contributed by atoms with Crippen molar-refractivity contribution in [2.45, 2.75) is 46.2 Å². The first kappa shape index (κ1) is 25.7. The third-order valence-corrected chi connectivity index (χ3v) is 7.34. The Bertz CT molecular complexity index is 1400. The van der Waals surface area contributed by atoms with Crippen LogP contribution in [0.1, 0.15) is 54.9 Å². The van der Waals surface area contributed by atoms with Crippen molar-refractivity contribution >= 4 is 41.1 Å². The van der Waals surface area contributed by atoms with Crippen LogP contribution in [0.2, 0.25) is 0 Å². The van der Waals surface area contributed by atoms with Crippen LogP contribution in [0.5, 0.6) is 0 Å². The molecule has 0 unspecified atom stereocenters. The number of nitrogens with zero attached hydrogens (tertiary/aromatic N) is 2. The fourth-order valence-electron chi connectivity index (χ4n) is 4.37. The van der Waals surface area contributed by atoms with E-state index in [4.69, 9.17) is 0 Å². The smallest absolute Gasteiger partial charge is 0.205 e. The van der Waals surface area contributed by atoms with Crippen LogP contribution >= 0.6 is 11.3 Å². The van der Waals surface area contributed by atoms with Gasteiger partial charge in [0.2, 0.25) is 5.78 Å². The highest BCUT2D eigenvalue weighted by Gasteiger charge is 2.23. The van der Waals surface area contributed by atoms with E-state index in [0.29, 0.717) is 16.1 Å². The predicted octanol–water partition coefficient (Wildman–Crippen LogP) is 6.00. The number of ketones is 1. The molecule has 0 amide bonds. The first-order valence-electron chi connectivity index (χ1n) is 12.2. The van der Waals surface area contributed by atoms with E-state index in [0.717, 1.165) is 41.5 Å². The number of nitroso groups, excluding NO2 is 1. The molecule has 2 heterocycles. The van der Waals surface area contributed by atoms with Gasteiger partial charge in [-0.2, -0.15) is 0 Å². The fourth-order valence-corrected chi connectivity index (χ4v) is 5.36. The van der Waals surface area contributed by atoms with Gasteiger partial charge in [-0.1, -0.05) is 42.5 Å². The highest BCUT2D eigenvalue weighted by Crippen LogP contribution is 2.25. The molecule has 5 nitrogen and oxygen atoms in total. The zero-order valence-electron chi connectivity index (χ0n) is 21.4. The van der Waals surface area contributed by atoms with Gasteiger partial charge in [-0.3, -0.25) is 9.69 Å². The summed E-state index contributed by atoms with van der Waals surface area (Å²) in [7, 11) is 0. The predicted molar refractivity (Wildman–Crippen MR) is 151 cm³/mol. The molecule has 0 saturated carbocycles. The van der Waals surface area contributed by atoms with Crippen LogP contribution in [-0.2, 0) is 6.54 Å². The van der Waals surface area contributed by atoms with Gasteiger partial charge in [0.15, 0.2) is 0 Å². The SMILES string of the molecule is C=c1sc(C(=O)c2ccc(N=O)cc2)c(NC(C)(C)C)/c1=C/C1=C(C)CCN(Cc2ccccc2)C1. The van der Waals surface area contributed by atoms with Crippen molar-refractivity contribution in [2.24, 2.45) is 5.18 Å². The number of anilines is 1. The summed E-state index contributed by atoms with van der Waals surface area (Å²) in [6.07, 6.45) is 3.23. The molecule has 0 aliphatic carbocycles. The number of nitrogens with one attached hydrogen (secondary N) is 1. The first-order valence-corrected chi connectivity index (χ1v) is 13.0. The second-order valence-electron chi connectivity index (χ2n) is 10.4. The van der Waals surface area contributed by atoms with Crippen molar-refractivity contribution in [3.63, 3.8) is 0 Å². The second kappa shape index (κ2) is 10.7. The third kappa shape index (κ3) is 6.07. The first-order chi connectivity index (χ1) is 17.1. The van der Waals surface area contributed by atoms with E-state index < -0.39 is 0 Å². The maximum atomic E-state index is 13.5. The van der Waals surface area contributed by atoms with Crippen LogP contribution in [0, 0.1) is 4.91 Å². The molecule has 186 valence electrons. The second-order valence-corrected chi connectivity index (χ2v) is 11.5. The van der Waals surface area contributed by atoms with Crippen molar-refractivity contribution < 1.29 is 4.79 Å². The van der Waals surface area contributed by atoms with E-state index >= 15 is 0 Å². The van der Waals surface area contributed by atoms with E-state index in [1.165, 1.54) is 28.0 Å². The molecule has 4 rings (SSSR count). The molecule has 0 fully saturated rings. The van der Waals surface area contributed by atoms with Gasteiger partial charge in [0, 0.05) is 40.5 Å². The van der Waals surface area contributed by atoms with Gasteiger partial charge in [0.1, 0.15) is 5.69 Å². The third-order valence-electron chi connectivity index (χ3n) is 6.28. The largest absolute Gasteiger partial charge is 0.379 e. The van der Waals surface area contributed by atoms with Gasteiger partial charge in [-0.25, -0.2) is 0 Å². The molecule has 0 spiro atoms. The number of hydrogen-bond acceptors (Lipinski definition) is 6. The van der Waals surface area contributed by atoms with Crippen molar-refractivity contribution in [1.82, 2.24) is 4.90 Å². The number of rotatable bonds is 7. The van der Waals surface area contributed by atoms with Crippen molar-refractivity contribution in [3.05, 3.63) is 96.4 Å². The lowest BCUT2D eigenvalue weighted by Gasteiger charge is -2.29. The quantitative estimate of drug-likeness (QED) is 0.320. The molecule has 1 N–H and O–H groups in total. The van der Waals surface area contributed by atoms with Crippen molar-refractivity contribution in [1.29, 1.82) is 0 Å². The topological polar surface area (TPSA) is 61.8 Å². The molecule has 0 bridgehead atoms. The van der Waals surface area contributed by atoms with E-state index in [1.807, 2.05) is 6.07 Å². The van der Waals surface area contributed by atoms with Crippen molar-refractivity contribution in [2.75, 3.05) is 18.4 Å². The number of benzene rings is 2. The lowest BCUT2D eigenvalue weighted by molar-refractivity contribution is 0.104. The summed E-state index contributed by atoms with van der Waals surface area (Å²) < 4.78 is 0.858. The van der Waals surface area contributed by atoms with Crippen LogP contribution < -0.4 is 15.1 Å². The number of carbonyl (C=O) groups is 1. The Morgan fingerprint density at radius 1 is 1.14 bits per heavy atom. The maximum absolute atomic E-state index is 13.5. The van der Waals surface area contributed by atoms with E-state index in [1.54, 1.807) is 24.3 Å². The minimum Gasteiger partial charge on any atom is -0.379 e. The van der Waals surface area contributed by atoms with Gasteiger partial charge < -0.3 is 5.32 Å². The number of thiophene rings is 1. The summed E-state index contributed by atoms with van der Waals surface area (Å²) in [6, 6.07) is 17.0. The molecule has 0 saturated heterocycles. The molecule has 6 heteroatoms. The Kier molecular flexibility index (Phi) is 7.67. The lowest BCUT2D eigenvalue weighted by Crippen LogP contribution is -2.34. The highest BCUT2D eigenvalue weighted by molar-refractivity contribution is 7.12. The summed E-state index contributed by atoms with van der Waals surface area (Å²) >= 11 is 1.41. The Balaban J connectivity index is 1.73.